The van der Waals surface area contributed by atoms with Gasteiger partial charge in [0.15, 0.2) is 5.78 Å². The smallest absolute Gasteiger partial charge is 0.329 e. The van der Waals surface area contributed by atoms with Crippen LogP contribution < -0.4 is 5.32 Å². The third kappa shape index (κ3) is 4.19. The van der Waals surface area contributed by atoms with E-state index < -0.39 is 29.8 Å². The predicted octanol–water partition coefficient (Wildman–Crippen LogP) is 1.08. The SMILES string of the molecule is COC(=O)C(CSCC1C(=O)c2ccccc2C1C(=O)O)NC(C)=O. The molecule has 2 N–H and O–H groups in total. The number of ketones is 1. The van der Waals surface area contributed by atoms with Gasteiger partial charge in [0.1, 0.15) is 6.04 Å². The number of rotatable bonds is 7. The van der Waals surface area contributed by atoms with E-state index in [-0.39, 0.29) is 23.2 Å². The van der Waals surface area contributed by atoms with E-state index in [0.717, 1.165) is 0 Å². The highest BCUT2D eigenvalue weighted by Crippen LogP contribution is 2.39. The molecule has 0 radical (unpaired) electrons. The van der Waals surface area contributed by atoms with E-state index in [0.29, 0.717) is 11.1 Å². The van der Waals surface area contributed by atoms with Crippen LogP contribution in [-0.2, 0) is 19.1 Å². The molecule has 0 saturated carbocycles. The Kier molecular flexibility index (Phi) is 6.19. The van der Waals surface area contributed by atoms with Crippen molar-refractivity contribution in [2.45, 2.75) is 18.9 Å². The van der Waals surface area contributed by atoms with Crippen LogP contribution in [0.1, 0.15) is 28.8 Å². The van der Waals surface area contributed by atoms with E-state index in [9.17, 15) is 24.3 Å². The lowest BCUT2D eigenvalue weighted by Gasteiger charge is -2.18. The number of amides is 1. The Morgan fingerprint density at radius 3 is 2.60 bits per heavy atom. The Morgan fingerprint density at radius 2 is 2.00 bits per heavy atom. The molecule has 0 aromatic heterocycles. The van der Waals surface area contributed by atoms with Gasteiger partial charge in [0, 0.05) is 29.9 Å². The molecular formula is C17H19NO6S. The summed E-state index contributed by atoms with van der Waals surface area (Å²) in [4.78, 5) is 47.0. The number of methoxy groups -OCH3 is 1. The second-order valence-corrected chi connectivity index (χ2v) is 6.76. The van der Waals surface area contributed by atoms with Gasteiger partial charge < -0.3 is 15.2 Å². The Morgan fingerprint density at radius 1 is 1.32 bits per heavy atom. The summed E-state index contributed by atoms with van der Waals surface area (Å²) in [6.07, 6.45) is 0. The summed E-state index contributed by atoms with van der Waals surface area (Å²) in [7, 11) is 1.22. The molecule has 134 valence electrons. The maximum atomic E-state index is 12.5. The van der Waals surface area contributed by atoms with E-state index in [4.69, 9.17) is 0 Å². The molecule has 1 aromatic rings. The van der Waals surface area contributed by atoms with Crippen LogP contribution in [0.5, 0.6) is 0 Å². The Balaban J connectivity index is 2.07. The van der Waals surface area contributed by atoms with Gasteiger partial charge in [-0.2, -0.15) is 11.8 Å². The highest BCUT2D eigenvalue weighted by Gasteiger charge is 2.43. The molecule has 1 aromatic carbocycles. The van der Waals surface area contributed by atoms with Crippen molar-refractivity contribution in [3.8, 4) is 0 Å². The number of nitrogens with one attached hydrogen (secondary N) is 1. The zero-order chi connectivity index (χ0) is 18.6. The van der Waals surface area contributed by atoms with Gasteiger partial charge in [-0.3, -0.25) is 14.4 Å². The van der Waals surface area contributed by atoms with Gasteiger partial charge in [0.05, 0.1) is 13.0 Å². The number of fused-ring (bicyclic) bond motifs is 1. The van der Waals surface area contributed by atoms with E-state index >= 15 is 0 Å². The number of Topliss-reactive ketones (excluding diaryl/α,β-unsaturated/α-hetero) is 1. The minimum Gasteiger partial charge on any atom is -0.481 e. The van der Waals surface area contributed by atoms with Crippen molar-refractivity contribution < 1.29 is 29.0 Å². The number of aliphatic carboxylic acids is 1. The van der Waals surface area contributed by atoms with Crippen LogP contribution in [0.25, 0.3) is 0 Å². The van der Waals surface area contributed by atoms with Crippen molar-refractivity contribution in [3.63, 3.8) is 0 Å². The number of hydrogen-bond acceptors (Lipinski definition) is 6. The van der Waals surface area contributed by atoms with Crippen LogP contribution in [0.2, 0.25) is 0 Å². The van der Waals surface area contributed by atoms with Crippen LogP contribution in [0.15, 0.2) is 24.3 Å². The van der Waals surface area contributed by atoms with Crippen LogP contribution in [0, 0.1) is 5.92 Å². The van der Waals surface area contributed by atoms with Gasteiger partial charge in [0.25, 0.3) is 0 Å². The highest BCUT2D eigenvalue weighted by molar-refractivity contribution is 7.99. The number of carboxylic acid groups (broad SMARTS) is 1. The zero-order valence-electron chi connectivity index (χ0n) is 13.9. The molecule has 1 aliphatic rings. The Hall–Kier alpha value is -2.35. The molecule has 0 saturated heterocycles. The van der Waals surface area contributed by atoms with Gasteiger partial charge in [-0.05, 0) is 5.56 Å². The van der Waals surface area contributed by atoms with Gasteiger partial charge in [0.2, 0.25) is 5.91 Å². The fourth-order valence-electron chi connectivity index (χ4n) is 2.91. The standard InChI is InChI=1S/C17H19NO6S/c1-9(19)18-13(17(23)24-2)8-25-7-12-14(16(21)22)10-5-3-4-6-11(10)15(12)20/h3-6,12-14H,7-8H2,1-2H3,(H,18,19)(H,21,22). The minimum atomic E-state index is -1.05. The molecule has 25 heavy (non-hydrogen) atoms. The van der Waals surface area contributed by atoms with Crippen molar-refractivity contribution in [2.24, 2.45) is 5.92 Å². The summed E-state index contributed by atoms with van der Waals surface area (Å²) < 4.78 is 4.64. The second-order valence-electron chi connectivity index (χ2n) is 5.69. The molecule has 2 rings (SSSR count). The largest absolute Gasteiger partial charge is 0.481 e. The lowest BCUT2D eigenvalue weighted by Crippen LogP contribution is -2.42. The first-order valence-electron chi connectivity index (χ1n) is 7.65. The number of esters is 1. The molecule has 0 aliphatic heterocycles. The fourth-order valence-corrected chi connectivity index (χ4v) is 4.10. The highest BCUT2D eigenvalue weighted by atomic mass is 32.2. The lowest BCUT2D eigenvalue weighted by atomic mass is 9.94. The third-order valence-electron chi connectivity index (χ3n) is 4.01. The van der Waals surface area contributed by atoms with Crippen molar-refractivity contribution in [1.82, 2.24) is 5.32 Å². The van der Waals surface area contributed by atoms with E-state index in [1.807, 2.05) is 0 Å². The third-order valence-corrected chi connectivity index (χ3v) is 5.18. The van der Waals surface area contributed by atoms with Crippen molar-refractivity contribution in [3.05, 3.63) is 35.4 Å². The summed E-state index contributed by atoms with van der Waals surface area (Å²) in [5.74, 6) is -3.37. The summed E-state index contributed by atoms with van der Waals surface area (Å²) in [5, 5.41) is 12.0. The number of ether oxygens (including phenoxy) is 1. The monoisotopic (exact) mass is 365 g/mol. The molecule has 3 atom stereocenters. The maximum absolute atomic E-state index is 12.5. The molecule has 8 heteroatoms. The summed E-state index contributed by atoms with van der Waals surface area (Å²) >= 11 is 1.24. The van der Waals surface area contributed by atoms with E-state index in [1.165, 1.54) is 25.8 Å². The van der Waals surface area contributed by atoms with Crippen molar-refractivity contribution >= 4 is 35.4 Å². The van der Waals surface area contributed by atoms with Gasteiger partial charge in [-0.15, -0.1) is 0 Å². The van der Waals surface area contributed by atoms with Crippen LogP contribution in [0.4, 0.5) is 0 Å². The molecule has 1 aliphatic carbocycles. The van der Waals surface area contributed by atoms with Gasteiger partial charge in [-0.1, -0.05) is 24.3 Å². The summed E-state index contributed by atoms with van der Waals surface area (Å²) in [5.41, 5.74) is 0.962. The molecule has 0 spiro atoms. The van der Waals surface area contributed by atoms with Gasteiger partial charge in [-0.25, -0.2) is 4.79 Å². The Bertz CT molecular complexity index is 704. The van der Waals surface area contributed by atoms with Crippen molar-refractivity contribution in [2.75, 3.05) is 18.6 Å². The molecule has 1 amide bonds. The molecular weight excluding hydrogens is 346 g/mol. The number of thioether (sulfide) groups is 1. The molecule has 0 bridgehead atoms. The average Bonchev–Trinajstić information content (AvgIpc) is 2.86. The van der Waals surface area contributed by atoms with Crippen LogP contribution in [-0.4, -0.2) is 53.4 Å². The van der Waals surface area contributed by atoms with E-state index in [1.54, 1.807) is 24.3 Å². The first-order valence-corrected chi connectivity index (χ1v) is 8.81. The van der Waals surface area contributed by atoms with Crippen LogP contribution >= 0.6 is 11.8 Å². The normalized spacial score (nSPS) is 19.8. The zero-order valence-corrected chi connectivity index (χ0v) is 14.7. The second kappa shape index (κ2) is 8.15. The Labute approximate surface area is 149 Å². The summed E-state index contributed by atoms with van der Waals surface area (Å²) in [6.45, 7) is 1.29. The first-order chi connectivity index (χ1) is 11.9. The number of carboxylic acids is 1. The quantitative estimate of drug-likeness (QED) is 0.696. The first kappa shape index (κ1) is 19.0. The number of hydrogen-bond donors (Lipinski definition) is 2. The predicted molar refractivity (Wildman–Crippen MR) is 91.6 cm³/mol. The molecule has 0 fully saturated rings. The average molecular weight is 365 g/mol. The molecule has 0 heterocycles. The van der Waals surface area contributed by atoms with Crippen molar-refractivity contribution in [1.29, 1.82) is 0 Å². The number of benzene rings is 1. The maximum Gasteiger partial charge on any atom is 0.329 e. The minimum absolute atomic E-state index is 0.193. The molecule has 3 unspecified atom stereocenters. The van der Waals surface area contributed by atoms with Crippen LogP contribution in [0.3, 0.4) is 0 Å². The lowest BCUT2D eigenvalue weighted by molar-refractivity contribution is -0.144. The number of carbonyl (C=O) groups is 4. The molecule has 7 nitrogen and oxygen atoms in total. The summed E-state index contributed by atoms with van der Waals surface area (Å²) in [6, 6.07) is 5.87. The van der Waals surface area contributed by atoms with Gasteiger partial charge >= 0.3 is 11.9 Å². The fraction of sp³-hybridized carbons (Fsp3) is 0.412. The number of carbonyl (C=O) groups excluding carboxylic acids is 3. The van der Waals surface area contributed by atoms with E-state index in [2.05, 4.69) is 10.1 Å². The topological polar surface area (TPSA) is 110 Å².